The van der Waals surface area contributed by atoms with Gasteiger partial charge in [0.05, 0.1) is 12.6 Å². The predicted octanol–water partition coefficient (Wildman–Crippen LogP) is 0.862. The summed E-state index contributed by atoms with van der Waals surface area (Å²) in [6.07, 6.45) is 3.89. The molecule has 12 heteroatoms. The minimum atomic E-state index is -1.24. The van der Waals surface area contributed by atoms with Gasteiger partial charge in [0, 0.05) is 46.4 Å². The molecule has 4 aromatic rings. The van der Waals surface area contributed by atoms with Gasteiger partial charge in [0.25, 0.3) is 0 Å². The number of amides is 3. The number of carbonyl (C=O) groups is 4. The third-order valence-electron chi connectivity index (χ3n) is 6.42. The van der Waals surface area contributed by atoms with Crippen molar-refractivity contribution >= 4 is 58.1 Å². The number of nitrogens with one attached hydrogen (secondary N) is 5. The maximum Gasteiger partial charge on any atom is 0.327 e. The highest BCUT2D eigenvalue weighted by molar-refractivity contribution is 7.80. The summed E-state index contributed by atoms with van der Waals surface area (Å²) in [5, 5.41) is 18.7. The summed E-state index contributed by atoms with van der Waals surface area (Å²) < 4.78 is 0. The summed E-state index contributed by atoms with van der Waals surface area (Å²) >= 11 is 3.98. The van der Waals surface area contributed by atoms with E-state index < -0.39 is 48.4 Å². The molecule has 2 heterocycles. The van der Waals surface area contributed by atoms with E-state index in [0.717, 1.165) is 32.9 Å². The van der Waals surface area contributed by atoms with Gasteiger partial charge in [-0.05, 0) is 29.7 Å². The maximum absolute atomic E-state index is 13.0. The van der Waals surface area contributed by atoms with Gasteiger partial charge in [0.1, 0.15) is 12.1 Å². The van der Waals surface area contributed by atoms with Gasteiger partial charge < -0.3 is 36.8 Å². The number of aromatic nitrogens is 2. The number of H-pyrrole nitrogens is 2. The van der Waals surface area contributed by atoms with Gasteiger partial charge in [-0.15, -0.1) is 0 Å². The van der Waals surface area contributed by atoms with Crippen LogP contribution < -0.4 is 21.7 Å². The zero-order valence-electron chi connectivity index (χ0n) is 20.9. The van der Waals surface area contributed by atoms with Crippen molar-refractivity contribution in [3.05, 3.63) is 72.1 Å². The fourth-order valence-corrected chi connectivity index (χ4v) is 4.61. The SMILES string of the molecule is NC(Cc1c[nH]c2ccccc12)C(=O)NCC(=O)NC(Cc1c[nH]c2ccccc12)C(=O)NC(CS)C(=O)O. The van der Waals surface area contributed by atoms with Crippen molar-refractivity contribution in [2.45, 2.75) is 31.0 Å². The van der Waals surface area contributed by atoms with Crippen LogP contribution in [0.1, 0.15) is 11.1 Å². The van der Waals surface area contributed by atoms with E-state index in [1.807, 2.05) is 48.5 Å². The summed E-state index contributed by atoms with van der Waals surface area (Å²) in [7, 11) is 0. The highest BCUT2D eigenvalue weighted by Gasteiger charge is 2.27. The lowest BCUT2D eigenvalue weighted by Gasteiger charge is -2.21. The van der Waals surface area contributed by atoms with E-state index in [4.69, 9.17) is 5.73 Å². The highest BCUT2D eigenvalue weighted by atomic mass is 32.1. The largest absolute Gasteiger partial charge is 0.480 e. The van der Waals surface area contributed by atoms with Gasteiger partial charge in [-0.3, -0.25) is 14.4 Å². The lowest BCUT2D eigenvalue weighted by atomic mass is 10.0. The molecule has 3 unspecified atom stereocenters. The molecule has 4 rings (SSSR count). The number of para-hydroxylation sites is 2. The molecule has 204 valence electrons. The first kappa shape index (κ1) is 27.7. The number of carboxylic acids is 1. The molecule has 11 nitrogen and oxygen atoms in total. The Morgan fingerprint density at radius 3 is 1.95 bits per heavy atom. The second-order valence-corrected chi connectivity index (χ2v) is 9.52. The average Bonchev–Trinajstić information content (AvgIpc) is 3.53. The smallest absolute Gasteiger partial charge is 0.327 e. The molecule has 0 saturated carbocycles. The van der Waals surface area contributed by atoms with Crippen LogP contribution in [-0.4, -0.2) is 69.2 Å². The molecule has 2 aromatic heterocycles. The first-order chi connectivity index (χ1) is 18.8. The van der Waals surface area contributed by atoms with E-state index in [9.17, 15) is 24.3 Å². The van der Waals surface area contributed by atoms with Gasteiger partial charge in [0.15, 0.2) is 0 Å². The number of carbonyl (C=O) groups excluding carboxylic acids is 3. The number of fused-ring (bicyclic) bond motifs is 2. The van der Waals surface area contributed by atoms with E-state index in [0.29, 0.717) is 0 Å². The lowest BCUT2D eigenvalue weighted by molar-refractivity contribution is -0.141. The molecular formula is C27H30N6O5S. The van der Waals surface area contributed by atoms with Crippen molar-refractivity contribution in [3.63, 3.8) is 0 Å². The lowest BCUT2D eigenvalue weighted by Crippen LogP contribution is -2.55. The first-order valence-corrected chi connectivity index (χ1v) is 13.0. The van der Waals surface area contributed by atoms with Gasteiger partial charge in [-0.25, -0.2) is 4.79 Å². The molecule has 39 heavy (non-hydrogen) atoms. The number of nitrogens with two attached hydrogens (primary N) is 1. The number of thiol groups is 1. The van der Waals surface area contributed by atoms with Gasteiger partial charge >= 0.3 is 5.97 Å². The Morgan fingerprint density at radius 2 is 1.38 bits per heavy atom. The molecule has 0 aliphatic rings. The van der Waals surface area contributed by atoms with Crippen LogP contribution in [0.2, 0.25) is 0 Å². The van der Waals surface area contributed by atoms with Crippen LogP contribution in [-0.2, 0) is 32.0 Å². The molecular weight excluding hydrogens is 520 g/mol. The standard InChI is InChI=1S/C27H30N6O5S/c28-19(9-15-11-29-20-7-3-1-5-17(15)20)25(35)31-13-24(34)32-22(26(36)33-23(14-39)27(37)38)10-16-12-30-21-8-4-2-6-18(16)21/h1-8,11-12,19,22-23,29-30,39H,9-10,13-14,28H2,(H,31,35)(H,32,34)(H,33,36)(H,37,38). The topological polar surface area (TPSA) is 182 Å². The molecule has 0 saturated heterocycles. The van der Waals surface area contributed by atoms with Crippen molar-refractivity contribution in [1.29, 1.82) is 0 Å². The molecule has 3 amide bonds. The summed E-state index contributed by atoms with van der Waals surface area (Å²) in [6, 6.07) is 11.9. The van der Waals surface area contributed by atoms with E-state index in [-0.39, 0.29) is 18.6 Å². The highest BCUT2D eigenvalue weighted by Crippen LogP contribution is 2.20. The summed E-state index contributed by atoms with van der Waals surface area (Å²) in [4.78, 5) is 56.0. The zero-order chi connectivity index (χ0) is 27.9. The van der Waals surface area contributed by atoms with Crippen molar-refractivity contribution < 1.29 is 24.3 Å². The Hall–Kier alpha value is -4.29. The number of benzene rings is 2. The Morgan fingerprint density at radius 1 is 0.821 bits per heavy atom. The number of hydrogen-bond donors (Lipinski definition) is 8. The third-order valence-corrected chi connectivity index (χ3v) is 6.79. The van der Waals surface area contributed by atoms with Crippen molar-refractivity contribution in [3.8, 4) is 0 Å². The van der Waals surface area contributed by atoms with E-state index in [1.54, 1.807) is 12.4 Å². The van der Waals surface area contributed by atoms with Crippen LogP contribution in [0.5, 0.6) is 0 Å². The average molecular weight is 551 g/mol. The van der Waals surface area contributed by atoms with Crippen LogP contribution in [0.15, 0.2) is 60.9 Å². The van der Waals surface area contributed by atoms with Gasteiger partial charge in [-0.1, -0.05) is 36.4 Å². The van der Waals surface area contributed by atoms with Crippen molar-refractivity contribution in [1.82, 2.24) is 25.9 Å². The second-order valence-electron chi connectivity index (χ2n) is 9.15. The predicted molar refractivity (Wildman–Crippen MR) is 150 cm³/mol. The quantitative estimate of drug-likeness (QED) is 0.121. The first-order valence-electron chi connectivity index (χ1n) is 12.3. The maximum atomic E-state index is 13.0. The Balaban J connectivity index is 1.39. The van der Waals surface area contributed by atoms with Crippen LogP contribution in [0.4, 0.5) is 0 Å². The van der Waals surface area contributed by atoms with Crippen molar-refractivity contribution in [2.75, 3.05) is 12.3 Å². The summed E-state index contributed by atoms with van der Waals surface area (Å²) in [6.45, 7) is -0.410. The van der Waals surface area contributed by atoms with Crippen LogP contribution >= 0.6 is 12.6 Å². The molecule has 3 atom stereocenters. The molecule has 8 N–H and O–H groups in total. The molecule has 0 spiro atoms. The number of aliphatic carboxylic acids is 1. The van der Waals surface area contributed by atoms with E-state index in [1.165, 1.54) is 0 Å². The Labute approximate surface area is 229 Å². The van der Waals surface area contributed by atoms with Crippen LogP contribution in [0.3, 0.4) is 0 Å². The fourth-order valence-electron chi connectivity index (χ4n) is 4.36. The second kappa shape index (κ2) is 12.5. The third kappa shape index (κ3) is 6.78. The minimum Gasteiger partial charge on any atom is -0.480 e. The van der Waals surface area contributed by atoms with Gasteiger partial charge in [-0.2, -0.15) is 12.6 Å². The van der Waals surface area contributed by atoms with Crippen LogP contribution in [0.25, 0.3) is 21.8 Å². The zero-order valence-corrected chi connectivity index (χ0v) is 21.8. The number of hydrogen-bond acceptors (Lipinski definition) is 6. The molecule has 0 bridgehead atoms. The monoisotopic (exact) mass is 550 g/mol. The van der Waals surface area contributed by atoms with E-state index >= 15 is 0 Å². The summed E-state index contributed by atoms with van der Waals surface area (Å²) in [5.74, 6) is -3.20. The Kier molecular flexibility index (Phi) is 8.89. The van der Waals surface area contributed by atoms with Crippen LogP contribution in [0, 0.1) is 0 Å². The number of carboxylic acid groups (broad SMARTS) is 1. The fraction of sp³-hybridized carbons (Fsp3) is 0.259. The van der Waals surface area contributed by atoms with Gasteiger partial charge in [0.2, 0.25) is 17.7 Å². The van der Waals surface area contributed by atoms with E-state index in [2.05, 4.69) is 38.5 Å². The normalized spacial score (nSPS) is 13.5. The molecule has 0 radical (unpaired) electrons. The minimum absolute atomic E-state index is 0.0918. The number of aromatic amines is 2. The molecule has 2 aromatic carbocycles. The Bertz CT molecular complexity index is 1500. The summed E-state index contributed by atoms with van der Waals surface area (Å²) in [5.41, 5.74) is 9.51. The molecule has 0 aliphatic heterocycles. The molecule has 0 fully saturated rings. The number of rotatable bonds is 12. The van der Waals surface area contributed by atoms with Crippen molar-refractivity contribution in [2.24, 2.45) is 5.73 Å². The molecule has 0 aliphatic carbocycles.